The number of carbonyl (C=O) groups is 3. The number of nitrogens with two attached hydrogens (primary N) is 3. The van der Waals surface area contributed by atoms with Crippen molar-refractivity contribution in [3.8, 4) is 0 Å². The summed E-state index contributed by atoms with van der Waals surface area (Å²) in [5, 5.41) is 17.4. The third-order valence-corrected chi connectivity index (χ3v) is 2.60. The number of ketones is 1. The number of Topliss-reactive ketones (excluding diaryl/α,β-unsaturated/α-hetero) is 1. The lowest BCUT2D eigenvalue weighted by Crippen LogP contribution is -2.40. The van der Waals surface area contributed by atoms with Crippen molar-refractivity contribution in [2.75, 3.05) is 6.54 Å². The van der Waals surface area contributed by atoms with E-state index in [2.05, 4.69) is 4.99 Å². The highest BCUT2D eigenvalue weighted by atomic mass is 16.4. The van der Waals surface area contributed by atoms with Crippen LogP contribution in [0.25, 0.3) is 0 Å². The molecule has 0 aromatic rings. The van der Waals surface area contributed by atoms with Crippen molar-refractivity contribution in [1.82, 2.24) is 0 Å². The van der Waals surface area contributed by atoms with Gasteiger partial charge in [-0.2, -0.15) is 0 Å². The van der Waals surface area contributed by atoms with Gasteiger partial charge in [0, 0.05) is 6.54 Å². The fraction of sp³-hybridized carbons (Fsp3) is 0.636. The quantitative estimate of drug-likeness (QED) is 0.139. The van der Waals surface area contributed by atoms with Gasteiger partial charge in [-0.1, -0.05) is 0 Å². The Morgan fingerprint density at radius 1 is 1.10 bits per heavy atom. The maximum absolute atomic E-state index is 11.8. The van der Waals surface area contributed by atoms with Crippen molar-refractivity contribution in [3.63, 3.8) is 0 Å². The summed E-state index contributed by atoms with van der Waals surface area (Å²) in [6.45, 7) is 0.390. The molecular formula is C11H20N4O5. The number of aliphatic imine (C=N–C) groups is 1. The van der Waals surface area contributed by atoms with Gasteiger partial charge in [-0.3, -0.25) is 19.4 Å². The molecule has 114 valence electrons. The minimum absolute atomic E-state index is 0.0298. The van der Waals surface area contributed by atoms with Gasteiger partial charge in [0.1, 0.15) is 5.92 Å². The number of unbranched alkanes of at least 4 members (excludes halogenated alkanes) is 1. The van der Waals surface area contributed by atoms with Gasteiger partial charge in [-0.15, -0.1) is 0 Å². The molecule has 0 fully saturated rings. The first-order valence-corrected chi connectivity index (χ1v) is 6.05. The van der Waals surface area contributed by atoms with Crippen LogP contribution in [0.1, 0.15) is 25.7 Å². The van der Waals surface area contributed by atoms with E-state index in [9.17, 15) is 14.4 Å². The zero-order valence-electron chi connectivity index (χ0n) is 11.0. The van der Waals surface area contributed by atoms with Crippen molar-refractivity contribution in [1.29, 1.82) is 0 Å². The monoisotopic (exact) mass is 288 g/mol. The number of aliphatic carboxylic acids is 2. The molecule has 0 aliphatic heterocycles. The molecule has 0 aromatic carbocycles. The molecule has 8 N–H and O–H groups in total. The van der Waals surface area contributed by atoms with Crippen LogP contribution >= 0.6 is 0 Å². The Hall–Kier alpha value is -2.16. The summed E-state index contributed by atoms with van der Waals surface area (Å²) in [5.41, 5.74) is 15.8. The highest BCUT2D eigenvalue weighted by molar-refractivity contribution is 6.03. The van der Waals surface area contributed by atoms with E-state index in [4.69, 9.17) is 27.4 Å². The number of guanidine groups is 1. The van der Waals surface area contributed by atoms with Crippen LogP contribution in [0, 0.1) is 5.92 Å². The van der Waals surface area contributed by atoms with Crippen molar-refractivity contribution < 1.29 is 24.6 Å². The minimum atomic E-state index is -1.61. The van der Waals surface area contributed by atoms with E-state index in [0.717, 1.165) is 0 Å². The first-order valence-electron chi connectivity index (χ1n) is 6.05. The molecule has 0 saturated carbocycles. The van der Waals surface area contributed by atoms with E-state index in [0.29, 0.717) is 19.4 Å². The van der Waals surface area contributed by atoms with Gasteiger partial charge in [0.2, 0.25) is 0 Å². The summed E-state index contributed by atoms with van der Waals surface area (Å²) in [6, 6.07) is -1.00. The highest BCUT2D eigenvalue weighted by Gasteiger charge is 2.32. The molecule has 0 spiro atoms. The second-order valence-corrected chi connectivity index (χ2v) is 4.30. The lowest BCUT2D eigenvalue weighted by atomic mass is 9.92. The largest absolute Gasteiger partial charge is 0.481 e. The Bertz CT molecular complexity index is 392. The smallest absolute Gasteiger partial charge is 0.314 e. The molecule has 0 radical (unpaired) electrons. The summed E-state index contributed by atoms with van der Waals surface area (Å²) < 4.78 is 0. The van der Waals surface area contributed by atoms with Gasteiger partial charge < -0.3 is 27.4 Å². The Kier molecular flexibility index (Phi) is 7.90. The topological polar surface area (TPSA) is 182 Å². The minimum Gasteiger partial charge on any atom is -0.481 e. The van der Waals surface area contributed by atoms with Crippen molar-refractivity contribution >= 4 is 23.7 Å². The molecular weight excluding hydrogens is 268 g/mol. The van der Waals surface area contributed by atoms with E-state index < -0.39 is 36.1 Å². The number of rotatable bonds is 10. The predicted octanol–water partition coefficient (Wildman–Crippen LogP) is -1.50. The Morgan fingerprint density at radius 3 is 2.15 bits per heavy atom. The van der Waals surface area contributed by atoms with Crippen LogP contribution in [0.4, 0.5) is 0 Å². The third kappa shape index (κ3) is 7.31. The van der Waals surface area contributed by atoms with Gasteiger partial charge in [-0.25, -0.2) is 0 Å². The van der Waals surface area contributed by atoms with Crippen LogP contribution in [0.2, 0.25) is 0 Å². The van der Waals surface area contributed by atoms with Crippen LogP contribution in [0.3, 0.4) is 0 Å². The second kappa shape index (κ2) is 8.86. The van der Waals surface area contributed by atoms with Crippen molar-refractivity contribution in [3.05, 3.63) is 0 Å². The fourth-order valence-electron chi connectivity index (χ4n) is 1.57. The highest BCUT2D eigenvalue weighted by Crippen LogP contribution is 2.11. The second-order valence-electron chi connectivity index (χ2n) is 4.30. The van der Waals surface area contributed by atoms with Crippen molar-refractivity contribution in [2.45, 2.75) is 31.7 Å². The van der Waals surface area contributed by atoms with E-state index in [1.807, 2.05) is 0 Å². The van der Waals surface area contributed by atoms with Gasteiger partial charge in [0.25, 0.3) is 0 Å². The molecule has 0 rings (SSSR count). The molecule has 2 atom stereocenters. The molecule has 0 bridgehead atoms. The lowest BCUT2D eigenvalue weighted by molar-refractivity contribution is -0.152. The molecule has 0 aromatic heterocycles. The Morgan fingerprint density at radius 2 is 1.70 bits per heavy atom. The first-order chi connectivity index (χ1) is 9.25. The number of carboxylic acids is 2. The van der Waals surface area contributed by atoms with Crippen LogP contribution in [0.5, 0.6) is 0 Å². The van der Waals surface area contributed by atoms with Gasteiger partial charge in [0.05, 0.1) is 12.5 Å². The predicted molar refractivity (Wildman–Crippen MR) is 70.9 cm³/mol. The first kappa shape index (κ1) is 17.8. The average molecular weight is 288 g/mol. The molecule has 0 heterocycles. The Labute approximate surface area is 115 Å². The summed E-state index contributed by atoms with van der Waals surface area (Å²) in [4.78, 5) is 36.9. The average Bonchev–Trinajstić information content (AvgIpc) is 2.33. The molecule has 0 amide bonds. The molecule has 0 aliphatic carbocycles. The zero-order chi connectivity index (χ0) is 15.7. The van der Waals surface area contributed by atoms with E-state index in [1.54, 1.807) is 0 Å². The van der Waals surface area contributed by atoms with Gasteiger partial charge in [0.15, 0.2) is 11.7 Å². The zero-order valence-corrected chi connectivity index (χ0v) is 11.0. The van der Waals surface area contributed by atoms with Gasteiger partial charge in [-0.05, 0) is 19.3 Å². The fourth-order valence-corrected chi connectivity index (χ4v) is 1.57. The van der Waals surface area contributed by atoms with Crippen molar-refractivity contribution in [2.24, 2.45) is 28.1 Å². The molecule has 0 saturated heterocycles. The SMILES string of the molecule is NC(N)=NCCCC[C@H](N)C(=O)C(CC(=O)O)C(=O)O. The maximum Gasteiger partial charge on any atom is 0.314 e. The number of carbonyl (C=O) groups excluding carboxylic acids is 1. The maximum atomic E-state index is 11.8. The van der Waals surface area contributed by atoms with E-state index >= 15 is 0 Å². The summed E-state index contributed by atoms with van der Waals surface area (Å²) in [7, 11) is 0. The molecule has 0 aliphatic rings. The van der Waals surface area contributed by atoms with Gasteiger partial charge >= 0.3 is 11.9 Å². The van der Waals surface area contributed by atoms with Crippen LogP contribution < -0.4 is 17.2 Å². The molecule has 9 nitrogen and oxygen atoms in total. The lowest BCUT2D eigenvalue weighted by Gasteiger charge is -2.14. The van der Waals surface area contributed by atoms with E-state index in [-0.39, 0.29) is 12.4 Å². The Balaban J connectivity index is 4.26. The normalized spacial score (nSPS) is 13.2. The number of carboxylic acid groups (broad SMARTS) is 2. The molecule has 20 heavy (non-hydrogen) atoms. The van der Waals surface area contributed by atoms with Crippen LogP contribution in [-0.2, 0) is 14.4 Å². The number of nitrogens with zero attached hydrogens (tertiary/aromatic N) is 1. The molecule has 1 unspecified atom stereocenters. The van der Waals surface area contributed by atoms with Crippen LogP contribution in [-0.4, -0.2) is 46.5 Å². The number of hydrogen-bond acceptors (Lipinski definition) is 5. The molecule has 9 heteroatoms. The summed E-state index contributed by atoms with van der Waals surface area (Å²) in [6.07, 6.45) is 0.608. The third-order valence-electron chi connectivity index (χ3n) is 2.60. The number of hydrogen-bond donors (Lipinski definition) is 5. The van der Waals surface area contributed by atoms with Crippen LogP contribution in [0.15, 0.2) is 4.99 Å². The van der Waals surface area contributed by atoms with E-state index in [1.165, 1.54) is 0 Å². The summed E-state index contributed by atoms with van der Waals surface area (Å²) >= 11 is 0. The summed E-state index contributed by atoms with van der Waals surface area (Å²) in [5.74, 6) is -5.25. The standard InChI is InChI=1S/C11H20N4O5/c12-7(3-1-2-4-15-11(13)14)9(18)6(10(19)20)5-8(16)17/h6-7H,1-5,12H2,(H,16,17)(H,19,20)(H4,13,14,15)/t6?,7-/m0/s1.